The van der Waals surface area contributed by atoms with E-state index in [4.69, 9.17) is 0 Å². The first-order valence-corrected chi connectivity index (χ1v) is 19.7. The second kappa shape index (κ2) is 13.3. The summed E-state index contributed by atoms with van der Waals surface area (Å²) in [6.45, 7) is 6.24. The minimum Gasteiger partial charge on any atom is -0.352 e. The molecule has 272 valence electrons. The third-order valence-corrected chi connectivity index (χ3v) is 12.0. The van der Waals surface area contributed by atoms with Crippen LogP contribution in [0.2, 0.25) is 0 Å². The summed E-state index contributed by atoms with van der Waals surface area (Å²) in [7, 11) is 0. The third-order valence-electron chi connectivity index (χ3n) is 12.0. The summed E-state index contributed by atoms with van der Waals surface area (Å²) in [5.74, 6) is 0. The average Bonchev–Trinajstić information content (AvgIpc) is 3.79. The fourth-order valence-electron chi connectivity index (χ4n) is 9.28. The minimum absolute atomic E-state index is 0.00172. The first kappa shape index (κ1) is 33.2. The number of nitrogens with zero attached hydrogens (tertiary/aromatic N) is 2. The number of para-hydroxylation sites is 2. The molecule has 0 aliphatic carbocycles. The van der Waals surface area contributed by atoms with Crippen LogP contribution >= 0.6 is 0 Å². The van der Waals surface area contributed by atoms with Gasteiger partial charge in [-0.3, -0.25) is 5.32 Å². The van der Waals surface area contributed by atoms with Gasteiger partial charge in [-0.2, -0.15) is 0 Å². The minimum atomic E-state index is -0.187. The summed E-state index contributed by atoms with van der Waals surface area (Å²) in [4.78, 5) is 0. The summed E-state index contributed by atoms with van der Waals surface area (Å²) in [6.07, 6.45) is 3.90. The summed E-state index contributed by atoms with van der Waals surface area (Å²) in [5.41, 5.74) is 14.2. The van der Waals surface area contributed by atoms with Gasteiger partial charge < -0.3 is 14.5 Å². The monoisotopic (exact) mass is 732 g/mol. The molecule has 0 bridgehead atoms. The van der Waals surface area contributed by atoms with E-state index >= 15 is 0 Å². The number of hydrogen-bond acceptors (Lipinski definition) is 2. The SMILES string of the molecule is C=C/C(=C\C)n1c2ccc(-c3ccc4c(c3)c3ccccc3n4C3Nc4ccccc4C(c4ccc(-c5ccccc5)cc4)N3)cc2c2c3ccccc3ccc21. The second-order valence-corrected chi connectivity index (χ2v) is 15.0. The molecule has 0 radical (unpaired) electrons. The molecule has 1 aliphatic heterocycles. The summed E-state index contributed by atoms with van der Waals surface area (Å²) >= 11 is 0. The summed E-state index contributed by atoms with van der Waals surface area (Å²) in [6, 6.07) is 64.2. The van der Waals surface area contributed by atoms with Crippen molar-refractivity contribution in [2.45, 2.75) is 19.3 Å². The van der Waals surface area contributed by atoms with Crippen molar-refractivity contribution in [1.82, 2.24) is 14.5 Å². The van der Waals surface area contributed by atoms with Crippen LogP contribution in [0.4, 0.5) is 5.69 Å². The van der Waals surface area contributed by atoms with Gasteiger partial charge in [0, 0.05) is 32.9 Å². The number of fused-ring (bicyclic) bond motifs is 9. The molecule has 10 aromatic rings. The normalized spacial score (nSPS) is 15.7. The van der Waals surface area contributed by atoms with Crippen LogP contribution in [-0.2, 0) is 0 Å². The molecule has 4 nitrogen and oxygen atoms in total. The van der Waals surface area contributed by atoms with E-state index in [2.05, 4.69) is 215 Å². The van der Waals surface area contributed by atoms with Crippen LogP contribution < -0.4 is 10.6 Å². The fourth-order valence-corrected chi connectivity index (χ4v) is 9.28. The van der Waals surface area contributed by atoms with Crippen LogP contribution in [0.15, 0.2) is 195 Å². The molecule has 11 rings (SSSR count). The van der Waals surface area contributed by atoms with E-state index < -0.39 is 0 Å². The zero-order valence-electron chi connectivity index (χ0n) is 31.7. The van der Waals surface area contributed by atoms with E-state index in [0.29, 0.717) is 0 Å². The first-order valence-electron chi connectivity index (χ1n) is 19.7. The van der Waals surface area contributed by atoms with Crippen molar-refractivity contribution in [2.75, 3.05) is 5.32 Å². The Balaban J connectivity index is 1.04. The third kappa shape index (κ3) is 5.26. The smallest absolute Gasteiger partial charge is 0.160 e. The van der Waals surface area contributed by atoms with Crippen LogP contribution in [-0.4, -0.2) is 9.13 Å². The molecule has 2 atom stereocenters. The van der Waals surface area contributed by atoms with Crippen LogP contribution in [0.1, 0.15) is 30.4 Å². The number of nitrogens with one attached hydrogen (secondary N) is 2. The average molecular weight is 733 g/mol. The van der Waals surface area contributed by atoms with Gasteiger partial charge >= 0.3 is 0 Å². The highest BCUT2D eigenvalue weighted by Crippen LogP contribution is 2.42. The predicted octanol–water partition coefficient (Wildman–Crippen LogP) is 13.7. The first-order chi connectivity index (χ1) is 28.2. The van der Waals surface area contributed by atoms with Crippen LogP contribution in [0, 0.1) is 0 Å². The van der Waals surface area contributed by atoms with Crippen LogP contribution in [0.25, 0.3) is 82.3 Å². The van der Waals surface area contributed by atoms with E-state index in [1.54, 1.807) is 0 Å². The molecule has 4 heteroatoms. The van der Waals surface area contributed by atoms with E-state index in [1.807, 2.05) is 6.08 Å². The van der Waals surface area contributed by atoms with Crippen molar-refractivity contribution in [3.63, 3.8) is 0 Å². The molecular formula is C53H40N4. The molecule has 0 saturated carbocycles. The van der Waals surface area contributed by atoms with Gasteiger partial charge in [-0.25, -0.2) is 0 Å². The lowest BCUT2D eigenvalue weighted by Gasteiger charge is -2.36. The maximum atomic E-state index is 4.16. The molecule has 3 heterocycles. The summed E-state index contributed by atoms with van der Waals surface area (Å²) < 4.78 is 4.78. The molecular weight excluding hydrogens is 693 g/mol. The fraction of sp³-hybridized carbons (Fsp3) is 0.0566. The molecule has 57 heavy (non-hydrogen) atoms. The largest absolute Gasteiger partial charge is 0.352 e. The van der Waals surface area contributed by atoms with Gasteiger partial charge in [0.1, 0.15) is 0 Å². The Kier molecular flexibility index (Phi) is 7.73. The van der Waals surface area contributed by atoms with Crippen LogP contribution in [0.5, 0.6) is 0 Å². The van der Waals surface area contributed by atoms with Gasteiger partial charge in [0.15, 0.2) is 6.29 Å². The molecule has 0 fully saturated rings. The highest BCUT2D eigenvalue weighted by Gasteiger charge is 2.30. The molecule has 0 spiro atoms. The predicted molar refractivity (Wildman–Crippen MR) is 241 cm³/mol. The van der Waals surface area contributed by atoms with Crippen molar-refractivity contribution < 1.29 is 0 Å². The second-order valence-electron chi connectivity index (χ2n) is 15.0. The lowest BCUT2D eigenvalue weighted by Crippen LogP contribution is -2.40. The number of aromatic nitrogens is 2. The molecule has 0 amide bonds. The lowest BCUT2D eigenvalue weighted by molar-refractivity contribution is 0.417. The Labute approximate surface area is 331 Å². The summed E-state index contributed by atoms with van der Waals surface area (Å²) in [5, 5.41) is 15.4. The lowest BCUT2D eigenvalue weighted by atomic mass is 9.93. The quantitative estimate of drug-likeness (QED) is 0.167. The highest BCUT2D eigenvalue weighted by atomic mass is 15.3. The maximum Gasteiger partial charge on any atom is 0.160 e. The van der Waals surface area contributed by atoms with Gasteiger partial charge in [0.2, 0.25) is 0 Å². The van der Waals surface area contributed by atoms with E-state index in [-0.39, 0.29) is 12.3 Å². The molecule has 0 saturated heterocycles. The van der Waals surface area contributed by atoms with Crippen LogP contribution in [0.3, 0.4) is 0 Å². The molecule has 8 aromatic carbocycles. The van der Waals surface area contributed by atoms with E-state index in [1.165, 1.54) is 87.8 Å². The van der Waals surface area contributed by atoms with Crippen molar-refractivity contribution >= 4 is 65.8 Å². The zero-order chi connectivity index (χ0) is 38.0. The van der Waals surface area contributed by atoms with Crippen molar-refractivity contribution in [1.29, 1.82) is 0 Å². The Hall–Kier alpha value is -7.14. The van der Waals surface area contributed by atoms with Crippen molar-refractivity contribution in [3.8, 4) is 22.3 Å². The number of benzene rings is 8. The van der Waals surface area contributed by atoms with Gasteiger partial charge in [0.05, 0.1) is 28.1 Å². The molecule has 2 N–H and O–H groups in total. The maximum absolute atomic E-state index is 4.16. The van der Waals surface area contributed by atoms with Crippen molar-refractivity contribution in [2.24, 2.45) is 0 Å². The standard InChI is InChI=1S/C53H40N4/c1-3-40(4-2)56-49-30-28-39(33-45(49)51-41-17-9-8-16-36(41)26-31-50(51)56)38-27-29-48-44(32-38)42-18-11-13-21-47(42)57(48)53-54-46-20-12-10-19-43(46)52(55-53)37-24-22-35(23-25-37)34-14-6-5-7-15-34/h3-33,52-55H,1H2,2H3/b40-4+. The molecule has 2 aromatic heterocycles. The van der Waals surface area contributed by atoms with Gasteiger partial charge in [-0.1, -0.05) is 146 Å². The Morgan fingerprint density at radius 2 is 1.18 bits per heavy atom. The number of allylic oxidation sites excluding steroid dienone is 3. The zero-order valence-corrected chi connectivity index (χ0v) is 31.7. The topological polar surface area (TPSA) is 33.9 Å². The Morgan fingerprint density at radius 1 is 0.544 bits per heavy atom. The van der Waals surface area contributed by atoms with Crippen molar-refractivity contribution in [3.05, 3.63) is 206 Å². The number of rotatable bonds is 6. The molecule has 1 aliphatic rings. The Morgan fingerprint density at radius 3 is 1.98 bits per heavy atom. The number of anilines is 1. The van der Waals surface area contributed by atoms with Gasteiger partial charge in [-0.15, -0.1) is 0 Å². The van der Waals surface area contributed by atoms with E-state index in [0.717, 1.165) is 11.4 Å². The highest BCUT2D eigenvalue weighted by molar-refractivity contribution is 6.22. The Bertz CT molecular complexity index is 3220. The number of hydrogen-bond donors (Lipinski definition) is 2. The van der Waals surface area contributed by atoms with Gasteiger partial charge in [-0.05, 0) is 99.6 Å². The van der Waals surface area contributed by atoms with E-state index in [9.17, 15) is 0 Å². The molecule has 2 unspecified atom stereocenters. The van der Waals surface area contributed by atoms with Gasteiger partial charge in [0.25, 0.3) is 0 Å².